The number of hydrogen-bond donors (Lipinski definition) is 3. The summed E-state index contributed by atoms with van der Waals surface area (Å²) in [6.45, 7) is 1.09. The topological polar surface area (TPSA) is 107 Å². The molecular formula is C24H25F2N7O2. The van der Waals surface area contributed by atoms with Gasteiger partial charge >= 0.3 is 0 Å². The van der Waals surface area contributed by atoms with E-state index in [1.54, 1.807) is 24.5 Å². The van der Waals surface area contributed by atoms with Gasteiger partial charge in [-0.15, -0.1) is 0 Å². The van der Waals surface area contributed by atoms with Crippen molar-refractivity contribution < 1.29 is 18.4 Å². The average molecular weight is 482 g/mol. The molecule has 4 aromatic heterocycles. The van der Waals surface area contributed by atoms with E-state index in [-0.39, 0.29) is 17.4 Å². The third kappa shape index (κ3) is 4.72. The van der Waals surface area contributed by atoms with Gasteiger partial charge in [-0.05, 0) is 62.8 Å². The zero-order chi connectivity index (χ0) is 24.5. The summed E-state index contributed by atoms with van der Waals surface area (Å²) in [7, 11) is 2.06. The van der Waals surface area contributed by atoms with Crippen LogP contribution in [-0.2, 0) is 4.79 Å². The van der Waals surface area contributed by atoms with Gasteiger partial charge in [0.2, 0.25) is 5.91 Å². The van der Waals surface area contributed by atoms with E-state index < -0.39 is 18.9 Å². The molecule has 1 aliphatic rings. The summed E-state index contributed by atoms with van der Waals surface area (Å²) in [5.74, 6) is -0.153. The van der Waals surface area contributed by atoms with Crippen LogP contribution < -0.4 is 10.6 Å². The first-order valence-electron chi connectivity index (χ1n) is 11.4. The molecule has 5 rings (SSSR count). The summed E-state index contributed by atoms with van der Waals surface area (Å²) in [6, 6.07) is 7.28. The Morgan fingerprint density at radius 2 is 2.03 bits per heavy atom. The molecule has 1 saturated heterocycles. The van der Waals surface area contributed by atoms with Gasteiger partial charge < -0.3 is 20.5 Å². The van der Waals surface area contributed by atoms with Crippen LogP contribution in [0.2, 0.25) is 0 Å². The van der Waals surface area contributed by atoms with Crippen molar-refractivity contribution >= 4 is 34.2 Å². The third-order valence-electron chi connectivity index (χ3n) is 6.37. The summed E-state index contributed by atoms with van der Waals surface area (Å²) in [5.41, 5.74) is 2.98. The fourth-order valence-corrected chi connectivity index (χ4v) is 4.40. The number of H-pyrrole nitrogens is 1. The maximum absolute atomic E-state index is 12.6. The van der Waals surface area contributed by atoms with E-state index in [0.29, 0.717) is 17.0 Å². The second-order valence-electron chi connectivity index (χ2n) is 8.77. The standard InChI is InChI=1S/C24H25F2N7O2/c1-32-7-4-14(5-8-32)23(34)31-21-3-2-16-17(11-27-22(16)30-21)15-6-9-33-19(10-15)18(12-29-33)24(35)28-13-20(25)26/h2-3,6,9-12,14,20H,4-5,7-8,13H2,1H3,(H,28,35)(H2,27,30,31,34). The smallest absolute Gasteiger partial charge is 0.255 e. The zero-order valence-electron chi connectivity index (χ0n) is 19.1. The van der Waals surface area contributed by atoms with Gasteiger partial charge in [0, 0.05) is 29.3 Å². The minimum Gasteiger partial charge on any atom is -0.346 e. The van der Waals surface area contributed by atoms with E-state index in [9.17, 15) is 18.4 Å². The van der Waals surface area contributed by atoms with Crippen molar-refractivity contribution in [2.45, 2.75) is 19.3 Å². The molecule has 35 heavy (non-hydrogen) atoms. The van der Waals surface area contributed by atoms with E-state index in [1.165, 1.54) is 10.7 Å². The molecule has 0 radical (unpaired) electrons. The summed E-state index contributed by atoms with van der Waals surface area (Å²) in [5, 5.41) is 10.1. The normalized spacial score (nSPS) is 15.2. The minimum atomic E-state index is -2.63. The highest BCUT2D eigenvalue weighted by molar-refractivity contribution is 6.02. The lowest BCUT2D eigenvalue weighted by atomic mass is 9.96. The summed E-state index contributed by atoms with van der Waals surface area (Å²) >= 11 is 0. The van der Waals surface area contributed by atoms with Crippen molar-refractivity contribution in [3.8, 4) is 11.1 Å². The van der Waals surface area contributed by atoms with E-state index >= 15 is 0 Å². The number of likely N-dealkylation sites (tertiary alicyclic amines) is 1. The van der Waals surface area contributed by atoms with Crippen LogP contribution in [0.5, 0.6) is 0 Å². The van der Waals surface area contributed by atoms with Crippen LogP contribution in [0.4, 0.5) is 14.6 Å². The Morgan fingerprint density at radius 3 is 2.80 bits per heavy atom. The number of nitrogens with zero attached hydrogens (tertiary/aromatic N) is 4. The van der Waals surface area contributed by atoms with Gasteiger partial charge in [0.25, 0.3) is 12.3 Å². The molecule has 0 aliphatic carbocycles. The molecule has 0 unspecified atom stereocenters. The number of nitrogens with one attached hydrogen (secondary N) is 3. The number of hydrogen-bond acceptors (Lipinski definition) is 5. The summed E-state index contributed by atoms with van der Waals surface area (Å²) < 4.78 is 26.5. The Labute approximate surface area is 199 Å². The number of carbonyl (C=O) groups excluding carboxylic acids is 2. The third-order valence-corrected chi connectivity index (χ3v) is 6.37. The highest BCUT2D eigenvalue weighted by Gasteiger charge is 2.24. The fraction of sp³-hybridized carbons (Fsp3) is 0.333. The highest BCUT2D eigenvalue weighted by atomic mass is 19.3. The van der Waals surface area contributed by atoms with Crippen LogP contribution in [0.15, 0.2) is 42.9 Å². The molecule has 0 atom stereocenters. The Balaban J connectivity index is 1.38. The molecule has 5 heterocycles. The molecule has 4 aromatic rings. The first-order chi connectivity index (χ1) is 16.9. The lowest BCUT2D eigenvalue weighted by molar-refractivity contribution is -0.121. The summed E-state index contributed by atoms with van der Waals surface area (Å²) in [4.78, 5) is 34.9. The number of fused-ring (bicyclic) bond motifs is 2. The van der Waals surface area contributed by atoms with Crippen molar-refractivity contribution in [2.75, 3.05) is 32.0 Å². The number of anilines is 1. The maximum atomic E-state index is 12.6. The van der Waals surface area contributed by atoms with Crippen LogP contribution >= 0.6 is 0 Å². The molecule has 182 valence electrons. The van der Waals surface area contributed by atoms with E-state index in [0.717, 1.165) is 42.4 Å². The molecule has 0 spiro atoms. The van der Waals surface area contributed by atoms with Crippen molar-refractivity contribution in [1.82, 2.24) is 29.8 Å². The van der Waals surface area contributed by atoms with E-state index in [4.69, 9.17) is 0 Å². The monoisotopic (exact) mass is 481 g/mol. The number of rotatable bonds is 6. The molecule has 3 N–H and O–H groups in total. The predicted molar refractivity (Wildman–Crippen MR) is 127 cm³/mol. The number of piperidine rings is 1. The molecule has 9 nitrogen and oxygen atoms in total. The fourth-order valence-electron chi connectivity index (χ4n) is 4.40. The van der Waals surface area contributed by atoms with Crippen molar-refractivity contribution in [3.63, 3.8) is 0 Å². The second kappa shape index (κ2) is 9.41. The van der Waals surface area contributed by atoms with Crippen LogP contribution in [0.25, 0.3) is 27.7 Å². The van der Waals surface area contributed by atoms with Gasteiger partial charge in [0.05, 0.1) is 23.8 Å². The number of amides is 2. The molecule has 11 heteroatoms. The molecule has 0 aromatic carbocycles. The Kier molecular flexibility index (Phi) is 6.16. The van der Waals surface area contributed by atoms with E-state index in [2.05, 4.69) is 37.6 Å². The molecular weight excluding hydrogens is 456 g/mol. The van der Waals surface area contributed by atoms with Crippen LogP contribution in [0, 0.1) is 5.92 Å². The second-order valence-corrected chi connectivity index (χ2v) is 8.77. The number of aromatic nitrogens is 4. The van der Waals surface area contributed by atoms with Gasteiger partial charge in [-0.2, -0.15) is 5.10 Å². The Hall–Kier alpha value is -3.86. The van der Waals surface area contributed by atoms with Gasteiger partial charge in [0.15, 0.2) is 0 Å². The number of alkyl halides is 2. The maximum Gasteiger partial charge on any atom is 0.255 e. The SMILES string of the molecule is CN1CCC(C(=O)Nc2ccc3c(-c4ccn5ncc(C(=O)NCC(F)F)c5c4)c[nH]c3n2)CC1. The average Bonchev–Trinajstić information content (AvgIpc) is 3.46. The number of halogens is 2. The number of pyridine rings is 2. The Morgan fingerprint density at radius 1 is 1.23 bits per heavy atom. The Bertz CT molecular complexity index is 1390. The quantitative estimate of drug-likeness (QED) is 0.392. The highest BCUT2D eigenvalue weighted by Crippen LogP contribution is 2.30. The van der Waals surface area contributed by atoms with Crippen LogP contribution in [0.3, 0.4) is 0 Å². The molecule has 2 amide bonds. The lowest BCUT2D eigenvalue weighted by Gasteiger charge is -2.27. The van der Waals surface area contributed by atoms with E-state index in [1.807, 2.05) is 12.1 Å². The van der Waals surface area contributed by atoms with Gasteiger partial charge in [0.1, 0.15) is 11.5 Å². The molecule has 1 aliphatic heterocycles. The zero-order valence-corrected chi connectivity index (χ0v) is 19.1. The van der Waals surface area contributed by atoms with Crippen molar-refractivity contribution in [1.29, 1.82) is 0 Å². The number of carbonyl (C=O) groups is 2. The van der Waals surface area contributed by atoms with Crippen LogP contribution in [0.1, 0.15) is 23.2 Å². The van der Waals surface area contributed by atoms with Gasteiger partial charge in [-0.1, -0.05) is 0 Å². The van der Waals surface area contributed by atoms with Crippen LogP contribution in [-0.4, -0.2) is 69.4 Å². The summed E-state index contributed by atoms with van der Waals surface area (Å²) in [6.07, 6.45) is 3.90. The minimum absolute atomic E-state index is 0.0134. The van der Waals surface area contributed by atoms with Crippen molar-refractivity contribution in [3.05, 3.63) is 48.4 Å². The molecule has 0 bridgehead atoms. The van der Waals surface area contributed by atoms with Gasteiger partial charge in [-0.25, -0.2) is 18.3 Å². The first kappa shape index (κ1) is 22.9. The largest absolute Gasteiger partial charge is 0.346 e. The molecule has 1 fully saturated rings. The number of aromatic amines is 1. The lowest BCUT2D eigenvalue weighted by Crippen LogP contribution is -2.36. The van der Waals surface area contributed by atoms with Gasteiger partial charge in [-0.3, -0.25) is 9.59 Å². The predicted octanol–water partition coefficient (Wildman–Crippen LogP) is 3.15. The molecule has 0 saturated carbocycles. The van der Waals surface area contributed by atoms with Crippen molar-refractivity contribution in [2.24, 2.45) is 5.92 Å². The first-order valence-corrected chi connectivity index (χ1v) is 11.4.